The number of fused-ring (bicyclic) bond motifs is 1. The van der Waals surface area contributed by atoms with Gasteiger partial charge in [0.05, 0.1) is 27.4 Å². The Morgan fingerprint density at radius 1 is 1.55 bits per heavy atom. The zero-order valence-electron chi connectivity index (χ0n) is 10.3. The molecule has 0 amide bonds. The van der Waals surface area contributed by atoms with Gasteiger partial charge in [0, 0.05) is 0 Å². The molecular weight excluding hydrogens is 340 g/mol. The fourth-order valence-corrected chi connectivity index (χ4v) is 4.43. The van der Waals surface area contributed by atoms with Gasteiger partial charge in [0.2, 0.25) is 10.0 Å². The molecule has 0 aliphatic rings. The van der Waals surface area contributed by atoms with E-state index in [0.29, 0.717) is 11.0 Å². The van der Waals surface area contributed by atoms with Gasteiger partial charge in [-0.25, -0.2) is 8.42 Å². The van der Waals surface area contributed by atoms with Gasteiger partial charge in [-0.05, 0) is 18.6 Å². The Bertz CT molecular complexity index is 759. The number of aromatic nitrogens is 2. The Hall–Kier alpha value is -1.03. The zero-order valence-corrected chi connectivity index (χ0v) is 13.5. The van der Waals surface area contributed by atoms with E-state index in [-0.39, 0.29) is 22.1 Å². The highest BCUT2D eigenvalue weighted by atomic mass is 35.5. The lowest BCUT2D eigenvalue weighted by atomic mass is 10.3. The van der Waals surface area contributed by atoms with E-state index >= 15 is 0 Å². The van der Waals surface area contributed by atoms with Crippen LogP contribution in [0.3, 0.4) is 0 Å². The third-order valence-corrected chi connectivity index (χ3v) is 5.80. The molecule has 0 radical (unpaired) electrons. The second-order valence-electron chi connectivity index (χ2n) is 4.00. The highest BCUT2D eigenvalue weighted by molar-refractivity contribution is 7.95. The molecule has 0 saturated carbocycles. The minimum Gasteiger partial charge on any atom is -0.392 e. The Morgan fingerprint density at radius 3 is 2.85 bits per heavy atom. The van der Waals surface area contributed by atoms with Gasteiger partial charge in [-0.1, -0.05) is 30.7 Å². The summed E-state index contributed by atoms with van der Waals surface area (Å²) in [6.45, 7) is 1.69. The van der Waals surface area contributed by atoms with Crippen molar-refractivity contribution in [1.29, 1.82) is 0 Å². The van der Waals surface area contributed by atoms with Gasteiger partial charge in [0.15, 0.2) is 0 Å². The fourth-order valence-electron chi connectivity index (χ4n) is 1.71. The smallest absolute Gasteiger partial charge is 0.242 e. The van der Waals surface area contributed by atoms with Crippen LogP contribution in [0.25, 0.3) is 11.0 Å². The predicted octanol–water partition coefficient (Wildman–Crippen LogP) is 2.15. The molecule has 0 aliphatic carbocycles. The van der Waals surface area contributed by atoms with Gasteiger partial charge in [0.1, 0.15) is 16.3 Å². The Morgan fingerprint density at radius 2 is 2.25 bits per heavy atom. The van der Waals surface area contributed by atoms with Crippen LogP contribution >= 0.6 is 35.5 Å². The summed E-state index contributed by atoms with van der Waals surface area (Å²) in [6.07, 6.45) is 0.271. The van der Waals surface area contributed by atoms with Crippen molar-refractivity contribution in [3.63, 3.8) is 0 Å². The summed E-state index contributed by atoms with van der Waals surface area (Å²) in [5.74, 6) is 0. The third-order valence-electron chi connectivity index (χ3n) is 2.68. The number of nitrogens with zero attached hydrogens (tertiary/aromatic N) is 2. The van der Waals surface area contributed by atoms with E-state index in [1.165, 1.54) is 0 Å². The summed E-state index contributed by atoms with van der Waals surface area (Å²) in [6, 6.07) is 3.23. The van der Waals surface area contributed by atoms with Crippen LogP contribution in [0.1, 0.15) is 13.3 Å². The van der Waals surface area contributed by atoms with Gasteiger partial charge in [0.25, 0.3) is 0 Å². The number of nitrogens with two attached hydrogens (primary N) is 1. The third kappa shape index (κ3) is 2.85. The molecule has 20 heavy (non-hydrogen) atoms. The van der Waals surface area contributed by atoms with E-state index in [9.17, 15) is 8.42 Å². The quantitative estimate of drug-likeness (QED) is 0.802. The SMILES string of the molecule is CCC(C(N)=S)S(=O)(=O)Nc1c(Cl)ccc2nsnc12. The topological polar surface area (TPSA) is 98.0 Å². The molecule has 2 rings (SSSR count). The van der Waals surface area contributed by atoms with Crippen LogP contribution in [0.4, 0.5) is 5.69 Å². The lowest BCUT2D eigenvalue weighted by Crippen LogP contribution is -2.37. The number of benzene rings is 1. The molecule has 10 heteroatoms. The van der Waals surface area contributed by atoms with E-state index in [2.05, 4.69) is 13.5 Å². The zero-order chi connectivity index (χ0) is 14.9. The van der Waals surface area contributed by atoms with Crippen LogP contribution < -0.4 is 10.5 Å². The second kappa shape index (κ2) is 5.76. The van der Waals surface area contributed by atoms with Crippen molar-refractivity contribution in [3.05, 3.63) is 17.2 Å². The summed E-state index contributed by atoms with van der Waals surface area (Å²) in [5.41, 5.74) is 6.65. The first kappa shape index (κ1) is 15.4. The van der Waals surface area contributed by atoms with Crippen molar-refractivity contribution in [1.82, 2.24) is 8.75 Å². The molecule has 1 heterocycles. The molecule has 1 atom stereocenters. The van der Waals surface area contributed by atoms with Gasteiger partial charge < -0.3 is 5.73 Å². The molecule has 0 saturated heterocycles. The fraction of sp³-hybridized carbons (Fsp3) is 0.300. The highest BCUT2D eigenvalue weighted by Crippen LogP contribution is 2.31. The van der Waals surface area contributed by atoms with Crippen LogP contribution in [-0.4, -0.2) is 27.4 Å². The maximum atomic E-state index is 12.3. The molecule has 108 valence electrons. The number of rotatable bonds is 5. The molecule has 2 aromatic rings. The van der Waals surface area contributed by atoms with Gasteiger partial charge in [-0.2, -0.15) is 8.75 Å². The van der Waals surface area contributed by atoms with E-state index in [0.717, 1.165) is 11.7 Å². The van der Waals surface area contributed by atoms with E-state index in [4.69, 9.17) is 29.6 Å². The van der Waals surface area contributed by atoms with Crippen LogP contribution in [0, 0.1) is 0 Å². The van der Waals surface area contributed by atoms with Crippen LogP contribution in [-0.2, 0) is 10.0 Å². The normalized spacial score (nSPS) is 13.3. The minimum atomic E-state index is -3.78. The first-order valence-corrected chi connectivity index (χ1v) is 8.64. The molecule has 0 spiro atoms. The maximum Gasteiger partial charge on any atom is 0.242 e. The first-order valence-electron chi connectivity index (χ1n) is 5.58. The molecule has 0 bridgehead atoms. The highest BCUT2D eigenvalue weighted by Gasteiger charge is 2.28. The van der Waals surface area contributed by atoms with Crippen molar-refractivity contribution in [3.8, 4) is 0 Å². The molecule has 1 aromatic carbocycles. The minimum absolute atomic E-state index is 0.0836. The van der Waals surface area contributed by atoms with Crippen molar-refractivity contribution in [2.75, 3.05) is 4.72 Å². The van der Waals surface area contributed by atoms with Gasteiger partial charge in [-0.15, -0.1) is 0 Å². The molecule has 0 fully saturated rings. The summed E-state index contributed by atoms with van der Waals surface area (Å²) >= 11 is 11.8. The molecule has 0 aliphatic heterocycles. The van der Waals surface area contributed by atoms with E-state index in [1.807, 2.05) is 0 Å². The standard InChI is InChI=1S/C10H11ClN4O2S3/c1-2-7(10(12)18)20(16,17)15-8-5(11)3-4-6-9(8)14-19-13-6/h3-4,7,15H,2H2,1H3,(H2,12,18). The Labute approximate surface area is 130 Å². The number of hydrogen-bond donors (Lipinski definition) is 2. The van der Waals surface area contributed by atoms with Crippen LogP contribution in [0.2, 0.25) is 5.02 Å². The summed E-state index contributed by atoms with van der Waals surface area (Å²) in [4.78, 5) is -0.0836. The number of hydrogen-bond acceptors (Lipinski definition) is 6. The largest absolute Gasteiger partial charge is 0.392 e. The number of thiocarbonyl (C=S) groups is 1. The molecule has 1 unspecified atom stereocenters. The number of halogens is 1. The summed E-state index contributed by atoms with van der Waals surface area (Å²) in [7, 11) is -3.78. The van der Waals surface area contributed by atoms with E-state index < -0.39 is 15.3 Å². The number of anilines is 1. The molecule has 1 aromatic heterocycles. The lowest BCUT2D eigenvalue weighted by Gasteiger charge is -2.16. The summed E-state index contributed by atoms with van der Waals surface area (Å²) in [5, 5.41) is -0.720. The predicted molar refractivity (Wildman–Crippen MR) is 85.8 cm³/mol. The molecule has 3 N–H and O–H groups in total. The summed E-state index contributed by atoms with van der Waals surface area (Å²) < 4.78 is 35.1. The van der Waals surface area contributed by atoms with Crippen molar-refractivity contribution >= 4 is 67.3 Å². The Kier molecular flexibility index (Phi) is 4.43. The van der Waals surface area contributed by atoms with Crippen LogP contribution in [0.15, 0.2) is 12.1 Å². The van der Waals surface area contributed by atoms with Crippen molar-refractivity contribution in [2.45, 2.75) is 18.6 Å². The Balaban J connectivity index is 2.48. The van der Waals surface area contributed by atoms with E-state index in [1.54, 1.807) is 19.1 Å². The van der Waals surface area contributed by atoms with Gasteiger partial charge in [-0.3, -0.25) is 4.72 Å². The average Bonchev–Trinajstić information content (AvgIpc) is 2.81. The maximum absolute atomic E-state index is 12.3. The first-order chi connectivity index (χ1) is 9.36. The monoisotopic (exact) mass is 350 g/mol. The lowest BCUT2D eigenvalue weighted by molar-refractivity contribution is 0.594. The van der Waals surface area contributed by atoms with Crippen LogP contribution in [0.5, 0.6) is 0 Å². The average molecular weight is 351 g/mol. The molecular formula is C10H11ClN4O2S3. The van der Waals surface area contributed by atoms with Gasteiger partial charge >= 0.3 is 0 Å². The molecule has 6 nitrogen and oxygen atoms in total. The van der Waals surface area contributed by atoms with Crippen molar-refractivity contribution in [2.24, 2.45) is 5.73 Å². The number of nitrogens with one attached hydrogen (secondary N) is 1. The second-order valence-corrected chi connectivity index (χ2v) is 7.27. The number of sulfonamides is 1. The van der Waals surface area contributed by atoms with Crippen molar-refractivity contribution < 1.29 is 8.42 Å².